The van der Waals surface area contributed by atoms with Crippen molar-refractivity contribution >= 4 is 40.6 Å². The van der Waals surface area contributed by atoms with E-state index in [4.69, 9.17) is 20.9 Å². The van der Waals surface area contributed by atoms with E-state index in [0.717, 1.165) is 0 Å². The molecule has 0 fully saturated rings. The van der Waals surface area contributed by atoms with Crippen LogP contribution in [-0.4, -0.2) is 30.1 Å². The Morgan fingerprint density at radius 2 is 2.26 bits per heavy atom. The average Bonchev–Trinajstić information content (AvgIpc) is 2.90. The summed E-state index contributed by atoms with van der Waals surface area (Å²) in [5.41, 5.74) is 1.02. The number of nitrogens with zero attached hydrogens (tertiary/aromatic N) is 1. The first kappa shape index (κ1) is 15.2. The summed E-state index contributed by atoms with van der Waals surface area (Å²) in [7, 11) is 0. The summed E-state index contributed by atoms with van der Waals surface area (Å²) in [6, 6.07) is 4.81. The summed E-state index contributed by atoms with van der Waals surface area (Å²) in [6.07, 6.45) is 0. The lowest BCUT2D eigenvalue weighted by molar-refractivity contribution is -0.118. The molecule has 0 bridgehead atoms. The molecule has 9 heteroatoms. The molecule has 1 aliphatic rings. The summed E-state index contributed by atoms with van der Waals surface area (Å²) in [5.74, 6) is 0.893. The van der Waals surface area contributed by atoms with E-state index in [-0.39, 0.29) is 25.0 Å². The van der Waals surface area contributed by atoms with Crippen molar-refractivity contribution in [3.05, 3.63) is 29.0 Å². The van der Waals surface area contributed by atoms with Crippen molar-refractivity contribution in [3.8, 4) is 5.75 Å². The standard InChI is InChI=1S/C14H13ClN4O4/c1-7-2-12(19-23-7)18-13(20)5-16-9-4-11-10(3-8(9)15)17-14(21)6-22-11/h2-4,16H,5-6H2,1H3,(H,17,21)(H,18,19,20). The van der Waals surface area contributed by atoms with Crippen LogP contribution in [0.5, 0.6) is 5.75 Å². The second-order valence-electron chi connectivity index (χ2n) is 4.89. The van der Waals surface area contributed by atoms with Gasteiger partial charge in [-0.1, -0.05) is 16.8 Å². The van der Waals surface area contributed by atoms with Crippen molar-refractivity contribution in [3.63, 3.8) is 0 Å². The van der Waals surface area contributed by atoms with E-state index in [1.807, 2.05) is 0 Å². The van der Waals surface area contributed by atoms with Gasteiger partial charge in [-0.3, -0.25) is 9.59 Å². The Kier molecular flexibility index (Phi) is 4.07. The summed E-state index contributed by atoms with van der Waals surface area (Å²) < 4.78 is 10.2. The lowest BCUT2D eigenvalue weighted by Crippen LogP contribution is -2.26. The molecule has 8 nitrogen and oxygen atoms in total. The van der Waals surface area contributed by atoms with Crippen LogP contribution in [0.3, 0.4) is 0 Å². The molecule has 0 saturated carbocycles. The number of aromatic nitrogens is 1. The number of anilines is 3. The van der Waals surface area contributed by atoms with Crippen LogP contribution in [0, 0.1) is 6.92 Å². The highest BCUT2D eigenvalue weighted by molar-refractivity contribution is 6.33. The molecule has 0 aliphatic carbocycles. The maximum atomic E-state index is 11.9. The van der Waals surface area contributed by atoms with Crippen molar-refractivity contribution in [2.45, 2.75) is 6.92 Å². The molecule has 0 atom stereocenters. The van der Waals surface area contributed by atoms with E-state index in [0.29, 0.717) is 33.7 Å². The first-order valence-corrected chi connectivity index (χ1v) is 7.12. The number of fused-ring (bicyclic) bond motifs is 1. The maximum absolute atomic E-state index is 11.9. The number of benzene rings is 1. The third kappa shape index (κ3) is 3.54. The van der Waals surface area contributed by atoms with Gasteiger partial charge in [0.1, 0.15) is 11.5 Å². The summed E-state index contributed by atoms with van der Waals surface area (Å²) >= 11 is 6.13. The normalized spacial score (nSPS) is 12.9. The number of halogens is 1. The Morgan fingerprint density at radius 1 is 1.43 bits per heavy atom. The van der Waals surface area contributed by atoms with Gasteiger partial charge in [-0.15, -0.1) is 0 Å². The molecule has 3 rings (SSSR count). The number of carbonyl (C=O) groups is 2. The van der Waals surface area contributed by atoms with Gasteiger partial charge < -0.3 is 25.2 Å². The fraction of sp³-hybridized carbons (Fsp3) is 0.214. The third-order valence-electron chi connectivity index (χ3n) is 3.04. The fourth-order valence-corrected chi connectivity index (χ4v) is 2.25. The zero-order chi connectivity index (χ0) is 16.4. The highest BCUT2D eigenvalue weighted by atomic mass is 35.5. The fourth-order valence-electron chi connectivity index (χ4n) is 2.02. The lowest BCUT2D eigenvalue weighted by atomic mass is 10.2. The molecule has 3 N–H and O–H groups in total. The molecule has 1 aliphatic heterocycles. The number of nitrogens with one attached hydrogen (secondary N) is 3. The molecule has 1 aromatic carbocycles. The number of carbonyl (C=O) groups excluding carboxylic acids is 2. The second-order valence-corrected chi connectivity index (χ2v) is 5.30. The Morgan fingerprint density at radius 3 is 3.00 bits per heavy atom. The van der Waals surface area contributed by atoms with E-state index in [1.54, 1.807) is 25.1 Å². The van der Waals surface area contributed by atoms with Gasteiger partial charge in [0.05, 0.1) is 22.9 Å². The lowest BCUT2D eigenvalue weighted by Gasteiger charge is -2.19. The number of ether oxygens (including phenoxy) is 1. The zero-order valence-electron chi connectivity index (χ0n) is 12.1. The van der Waals surface area contributed by atoms with Gasteiger partial charge in [0.2, 0.25) is 5.91 Å². The van der Waals surface area contributed by atoms with Crippen LogP contribution in [0.2, 0.25) is 5.02 Å². The van der Waals surface area contributed by atoms with Gasteiger partial charge in [0.15, 0.2) is 12.4 Å². The van der Waals surface area contributed by atoms with Crippen LogP contribution in [0.1, 0.15) is 5.76 Å². The van der Waals surface area contributed by atoms with Gasteiger partial charge >= 0.3 is 0 Å². The molecule has 2 heterocycles. The smallest absolute Gasteiger partial charge is 0.262 e. The largest absolute Gasteiger partial charge is 0.482 e. The van der Waals surface area contributed by atoms with Gasteiger partial charge in [0.25, 0.3) is 5.91 Å². The van der Waals surface area contributed by atoms with Gasteiger partial charge in [-0.25, -0.2) is 0 Å². The second kappa shape index (κ2) is 6.17. The predicted molar refractivity (Wildman–Crippen MR) is 83.9 cm³/mol. The SMILES string of the molecule is Cc1cc(NC(=O)CNc2cc3c(cc2Cl)NC(=O)CO3)no1. The molecule has 0 unspecified atom stereocenters. The highest BCUT2D eigenvalue weighted by Gasteiger charge is 2.18. The molecule has 120 valence electrons. The Labute approximate surface area is 136 Å². The summed E-state index contributed by atoms with van der Waals surface area (Å²) in [5, 5.41) is 12.2. The van der Waals surface area contributed by atoms with Crippen molar-refractivity contribution in [2.24, 2.45) is 0 Å². The van der Waals surface area contributed by atoms with E-state index >= 15 is 0 Å². The van der Waals surface area contributed by atoms with E-state index in [9.17, 15) is 9.59 Å². The maximum Gasteiger partial charge on any atom is 0.262 e. The third-order valence-corrected chi connectivity index (χ3v) is 3.35. The van der Waals surface area contributed by atoms with Crippen LogP contribution >= 0.6 is 11.6 Å². The molecule has 2 aromatic rings. The minimum Gasteiger partial charge on any atom is -0.482 e. The summed E-state index contributed by atoms with van der Waals surface area (Å²) in [4.78, 5) is 23.1. The van der Waals surface area contributed by atoms with Gasteiger partial charge in [-0.05, 0) is 13.0 Å². The quantitative estimate of drug-likeness (QED) is 0.788. The number of rotatable bonds is 4. The van der Waals surface area contributed by atoms with Crippen LogP contribution in [-0.2, 0) is 9.59 Å². The average molecular weight is 337 g/mol. The van der Waals surface area contributed by atoms with Gasteiger partial charge in [0, 0.05) is 12.1 Å². The van der Waals surface area contributed by atoms with Crippen molar-refractivity contribution in [1.82, 2.24) is 5.16 Å². The Hall–Kier alpha value is -2.74. The topological polar surface area (TPSA) is 105 Å². The number of aryl methyl sites for hydroxylation is 1. The van der Waals surface area contributed by atoms with E-state index < -0.39 is 0 Å². The predicted octanol–water partition coefficient (Wildman–Crippen LogP) is 2.02. The van der Waals surface area contributed by atoms with Crippen LogP contribution in [0.4, 0.5) is 17.2 Å². The van der Waals surface area contributed by atoms with E-state index in [2.05, 4.69) is 21.1 Å². The highest BCUT2D eigenvalue weighted by Crippen LogP contribution is 2.36. The first-order chi connectivity index (χ1) is 11.0. The van der Waals surface area contributed by atoms with Crippen LogP contribution in [0.15, 0.2) is 22.7 Å². The number of hydrogen-bond acceptors (Lipinski definition) is 6. The minimum atomic E-state index is -0.304. The molecule has 2 amide bonds. The number of amides is 2. The van der Waals surface area contributed by atoms with Crippen molar-refractivity contribution in [2.75, 3.05) is 29.1 Å². The molecule has 0 spiro atoms. The molecule has 0 radical (unpaired) electrons. The Bertz CT molecular complexity index is 774. The molecular weight excluding hydrogens is 324 g/mol. The summed E-state index contributed by atoms with van der Waals surface area (Å²) in [6.45, 7) is 1.66. The van der Waals surface area contributed by atoms with Crippen LogP contribution < -0.4 is 20.7 Å². The Balaban J connectivity index is 1.64. The molecular formula is C14H13ClN4O4. The monoisotopic (exact) mass is 336 g/mol. The first-order valence-electron chi connectivity index (χ1n) is 6.74. The molecule has 23 heavy (non-hydrogen) atoms. The molecule has 1 aromatic heterocycles. The molecule has 0 saturated heterocycles. The van der Waals surface area contributed by atoms with Crippen LogP contribution in [0.25, 0.3) is 0 Å². The minimum absolute atomic E-state index is 0.0171. The van der Waals surface area contributed by atoms with Gasteiger partial charge in [-0.2, -0.15) is 0 Å². The van der Waals surface area contributed by atoms with Crippen molar-refractivity contribution in [1.29, 1.82) is 0 Å². The zero-order valence-corrected chi connectivity index (χ0v) is 12.9. The van der Waals surface area contributed by atoms with E-state index in [1.165, 1.54) is 0 Å². The van der Waals surface area contributed by atoms with Crippen molar-refractivity contribution < 1.29 is 18.8 Å². The number of hydrogen-bond donors (Lipinski definition) is 3.